The van der Waals surface area contributed by atoms with E-state index in [9.17, 15) is 0 Å². The van der Waals surface area contributed by atoms with Gasteiger partial charge in [0, 0.05) is 22.1 Å². The van der Waals surface area contributed by atoms with E-state index < -0.39 is 0 Å². The molecule has 9 aromatic carbocycles. The Morgan fingerprint density at radius 2 is 1.09 bits per heavy atom. The van der Waals surface area contributed by atoms with Crippen LogP contribution in [0.2, 0.25) is 0 Å². The lowest BCUT2D eigenvalue weighted by Gasteiger charge is -2.31. The molecule has 0 heterocycles. The molecule has 0 radical (unpaired) electrons. The van der Waals surface area contributed by atoms with Gasteiger partial charge in [-0.3, -0.25) is 0 Å². The maximum absolute atomic E-state index is 2.53. The summed E-state index contributed by atoms with van der Waals surface area (Å²) in [6.07, 6.45) is 0. The molecule has 1 nitrogen and oxygen atoms in total. The molecule has 1 heteroatoms. The second-order valence-corrected chi connectivity index (χ2v) is 13.8. The van der Waals surface area contributed by atoms with Crippen molar-refractivity contribution in [2.24, 2.45) is 0 Å². The zero-order chi connectivity index (χ0) is 31.4. The summed E-state index contributed by atoms with van der Waals surface area (Å²) in [4.78, 5) is 2.53. The van der Waals surface area contributed by atoms with E-state index >= 15 is 0 Å². The van der Waals surface area contributed by atoms with Crippen LogP contribution in [-0.2, 0) is 5.41 Å². The number of para-hydroxylation sites is 1. The Kier molecular flexibility index (Phi) is 5.33. The van der Waals surface area contributed by atoms with E-state index in [-0.39, 0.29) is 5.41 Å². The highest BCUT2D eigenvalue weighted by Gasteiger charge is 2.35. The van der Waals surface area contributed by atoms with E-state index in [1.807, 2.05) is 0 Å². The molecular formula is C46H33N. The van der Waals surface area contributed by atoms with Crippen molar-refractivity contribution in [2.75, 3.05) is 4.90 Å². The first kappa shape index (κ1) is 26.5. The Balaban J connectivity index is 1.33. The minimum atomic E-state index is -0.109. The van der Waals surface area contributed by atoms with Crippen LogP contribution in [0.4, 0.5) is 17.1 Å². The van der Waals surface area contributed by atoms with Crippen LogP contribution in [0.25, 0.3) is 65.0 Å². The lowest BCUT2D eigenvalue weighted by molar-refractivity contribution is 0.663. The van der Waals surface area contributed by atoms with Crippen LogP contribution in [0, 0.1) is 6.92 Å². The average Bonchev–Trinajstić information content (AvgIpc) is 3.35. The molecule has 0 unspecified atom stereocenters. The summed E-state index contributed by atoms with van der Waals surface area (Å²) in [5, 5.41) is 13.3. The largest absolute Gasteiger partial charge is 0.309 e. The van der Waals surface area contributed by atoms with Crippen molar-refractivity contribution in [1.29, 1.82) is 0 Å². The van der Waals surface area contributed by atoms with Gasteiger partial charge >= 0.3 is 0 Å². The summed E-state index contributed by atoms with van der Waals surface area (Å²) in [6, 6.07) is 54.5. The first-order valence-electron chi connectivity index (χ1n) is 16.6. The van der Waals surface area contributed by atoms with Gasteiger partial charge in [-0.2, -0.15) is 0 Å². The fourth-order valence-electron chi connectivity index (χ4n) is 8.58. The number of hydrogen-bond acceptors (Lipinski definition) is 1. The third kappa shape index (κ3) is 3.60. The van der Waals surface area contributed by atoms with Gasteiger partial charge in [0.05, 0.1) is 11.4 Å². The minimum Gasteiger partial charge on any atom is -0.309 e. The van der Waals surface area contributed by atoms with Crippen LogP contribution in [0.15, 0.2) is 146 Å². The number of nitrogens with zero attached hydrogens (tertiary/aromatic N) is 1. The molecule has 0 bridgehead atoms. The molecule has 0 spiro atoms. The molecule has 0 fully saturated rings. The van der Waals surface area contributed by atoms with E-state index in [1.54, 1.807) is 0 Å². The van der Waals surface area contributed by atoms with Gasteiger partial charge < -0.3 is 4.90 Å². The van der Waals surface area contributed by atoms with Crippen molar-refractivity contribution in [2.45, 2.75) is 26.2 Å². The zero-order valence-electron chi connectivity index (χ0n) is 26.8. The fourth-order valence-corrected chi connectivity index (χ4v) is 8.58. The predicted molar refractivity (Wildman–Crippen MR) is 202 cm³/mol. The lowest BCUT2D eigenvalue weighted by atomic mass is 9.81. The van der Waals surface area contributed by atoms with Gasteiger partial charge in [0.15, 0.2) is 0 Å². The first-order valence-corrected chi connectivity index (χ1v) is 16.6. The van der Waals surface area contributed by atoms with E-state index in [4.69, 9.17) is 0 Å². The maximum atomic E-state index is 2.53. The van der Waals surface area contributed by atoms with Crippen LogP contribution >= 0.6 is 0 Å². The van der Waals surface area contributed by atoms with Gasteiger partial charge in [-0.15, -0.1) is 0 Å². The lowest BCUT2D eigenvalue weighted by Crippen LogP contribution is -2.17. The molecule has 0 atom stereocenters. The second kappa shape index (κ2) is 9.44. The number of aryl methyl sites for hydroxylation is 1. The van der Waals surface area contributed by atoms with Gasteiger partial charge in [-0.1, -0.05) is 135 Å². The number of rotatable bonds is 4. The van der Waals surface area contributed by atoms with Crippen LogP contribution in [0.5, 0.6) is 0 Å². The quantitative estimate of drug-likeness (QED) is 0.182. The molecule has 9 aromatic rings. The summed E-state index contributed by atoms with van der Waals surface area (Å²) in [5.41, 5.74) is 9.99. The summed E-state index contributed by atoms with van der Waals surface area (Å²) >= 11 is 0. The Labute approximate surface area is 274 Å². The Morgan fingerprint density at radius 3 is 1.94 bits per heavy atom. The number of benzene rings is 9. The maximum Gasteiger partial charge on any atom is 0.0540 e. The Morgan fingerprint density at radius 1 is 0.447 bits per heavy atom. The monoisotopic (exact) mass is 599 g/mol. The van der Waals surface area contributed by atoms with Crippen molar-refractivity contribution in [3.05, 3.63) is 162 Å². The molecule has 0 saturated carbocycles. The van der Waals surface area contributed by atoms with Gasteiger partial charge in [0.1, 0.15) is 0 Å². The van der Waals surface area contributed by atoms with E-state index in [0.29, 0.717) is 0 Å². The van der Waals surface area contributed by atoms with Crippen LogP contribution in [0.3, 0.4) is 0 Å². The van der Waals surface area contributed by atoms with Crippen molar-refractivity contribution >= 4 is 70.9 Å². The normalized spacial score (nSPS) is 13.6. The first-order chi connectivity index (χ1) is 23.0. The predicted octanol–water partition coefficient (Wildman–Crippen LogP) is 13.0. The van der Waals surface area contributed by atoms with Crippen molar-refractivity contribution in [3.8, 4) is 11.1 Å². The standard InChI is InChI=1S/C46H33N/c1-28-16-17-31-21-24-37-41(25-22-32-20-23-35(28)42(31)43(32)37)47(40-15-8-7-13-36(40)29-10-5-4-6-11-29)34-26-33-19-18-30-12-9-14-38-44(30)45(33)39(27-34)46(38,2)3/h4-27H,1-3H3. The van der Waals surface area contributed by atoms with E-state index in [0.717, 1.165) is 0 Å². The van der Waals surface area contributed by atoms with Crippen LogP contribution < -0.4 is 4.90 Å². The summed E-state index contributed by atoms with van der Waals surface area (Å²) in [5.74, 6) is 0. The average molecular weight is 600 g/mol. The molecule has 47 heavy (non-hydrogen) atoms. The molecule has 0 N–H and O–H groups in total. The molecular weight excluding hydrogens is 567 g/mol. The number of hydrogen-bond donors (Lipinski definition) is 0. The summed E-state index contributed by atoms with van der Waals surface area (Å²) < 4.78 is 0. The van der Waals surface area contributed by atoms with Crippen LogP contribution in [0.1, 0.15) is 30.5 Å². The smallest absolute Gasteiger partial charge is 0.0540 e. The highest BCUT2D eigenvalue weighted by atomic mass is 15.1. The molecule has 1 aliphatic carbocycles. The van der Waals surface area contributed by atoms with Gasteiger partial charge in [-0.05, 0) is 102 Å². The van der Waals surface area contributed by atoms with Crippen molar-refractivity contribution in [1.82, 2.24) is 0 Å². The summed E-state index contributed by atoms with van der Waals surface area (Å²) in [6.45, 7) is 7.01. The SMILES string of the molecule is Cc1ccc2ccc3c(N(c4cc5c6c(ccc7cccc(c76)C5(C)C)c4)c4ccccc4-c4ccccc4)ccc4ccc1c2c43. The molecule has 0 aromatic heterocycles. The van der Waals surface area contributed by atoms with E-state index in [2.05, 4.69) is 171 Å². The topological polar surface area (TPSA) is 3.24 Å². The van der Waals surface area contributed by atoms with Crippen molar-refractivity contribution < 1.29 is 0 Å². The summed E-state index contributed by atoms with van der Waals surface area (Å²) in [7, 11) is 0. The number of anilines is 3. The Hall–Kier alpha value is -5.66. The van der Waals surface area contributed by atoms with Gasteiger partial charge in [-0.25, -0.2) is 0 Å². The molecule has 0 amide bonds. The Bertz CT molecular complexity index is 2720. The minimum absolute atomic E-state index is 0.109. The third-order valence-electron chi connectivity index (χ3n) is 10.9. The molecule has 1 aliphatic rings. The molecule has 0 aliphatic heterocycles. The second-order valence-electron chi connectivity index (χ2n) is 13.8. The molecule has 10 rings (SSSR count). The molecule has 0 saturated heterocycles. The molecule has 222 valence electrons. The highest BCUT2D eigenvalue weighted by Crippen LogP contribution is 2.53. The third-order valence-corrected chi connectivity index (χ3v) is 10.9. The van der Waals surface area contributed by atoms with E-state index in [1.165, 1.54) is 98.7 Å². The highest BCUT2D eigenvalue weighted by molar-refractivity contribution is 6.26. The fraction of sp³-hybridized carbons (Fsp3) is 0.0870. The van der Waals surface area contributed by atoms with Crippen LogP contribution in [-0.4, -0.2) is 0 Å². The zero-order valence-corrected chi connectivity index (χ0v) is 26.8. The van der Waals surface area contributed by atoms with Gasteiger partial charge in [0.2, 0.25) is 0 Å². The van der Waals surface area contributed by atoms with Gasteiger partial charge in [0.25, 0.3) is 0 Å². The van der Waals surface area contributed by atoms with Crippen molar-refractivity contribution in [3.63, 3.8) is 0 Å².